The number of hydrogen-bond acceptors (Lipinski definition) is 3. The van der Waals surface area contributed by atoms with Gasteiger partial charge in [0.2, 0.25) is 5.56 Å². The van der Waals surface area contributed by atoms with E-state index in [-0.39, 0.29) is 18.1 Å². The summed E-state index contributed by atoms with van der Waals surface area (Å²) >= 11 is 0. The van der Waals surface area contributed by atoms with Crippen LogP contribution in [0.1, 0.15) is 22.0 Å². The summed E-state index contributed by atoms with van der Waals surface area (Å²) < 4.78 is 0. The molecule has 1 aromatic heterocycles. The topological polar surface area (TPSA) is 82.2 Å². The number of amides is 1. The third-order valence-electron chi connectivity index (χ3n) is 2.74. The zero-order chi connectivity index (χ0) is 13.7. The summed E-state index contributed by atoms with van der Waals surface area (Å²) in [6.07, 6.45) is 1.34. The highest BCUT2D eigenvalue weighted by Gasteiger charge is 2.14. The van der Waals surface area contributed by atoms with Gasteiger partial charge in [0.15, 0.2) is 0 Å². The number of aliphatic hydroxyl groups excluding tert-OH is 1. The van der Waals surface area contributed by atoms with Gasteiger partial charge in [0.1, 0.15) is 0 Å². The maximum Gasteiger partial charge on any atom is 0.253 e. The number of hydrogen-bond donors (Lipinski definition) is 3. The van der Waals surface area contributed by atoms with Crippen LogP contribution in [0.5, 0.6) is 0 Å². The SMILES string of the molecule is O=C(N[C@@H](CO)c1ccccc1)c1ccc(=O)[nH]c1. The van der Waals surface area contributed by atoms with Crippen molar-refractivity contribution in [3.8, 4) is 0 Å². The van der Waals surface area contributed by atoms with Crippen LogP contribution in [-0.2, 0) is 0 Å². The molecular formula is C14H14N2O3. The van der Waals surface area contributed by atoms with Gasteiger partial charge in [-0.3, -0.25) is 9.59 Å². The molecule has 0 saturated heterocycles. The minimum Gasteiger partial charge on any atom is -0.394 e. The van der Waals surface area contributed by atoms with Crippen molar-refractivity contribution in [1.29, 1.82) is 0 Å². The molecule has 0 unspecified atom stereocenters. The molecule has 0 fully saturated rings. The van der Waals surface area contributed by atoms with Gasteiger partial charge in [-0.2, -0.15) is 0 Å². The Labute approximate surface area is 109 Å². The second-order valence-electron chi connectivity index (χ2n) is 4.06. The minimum atomic E-state index is -0.472. The van der Waals surface area contributed by atoms with Crippen molar-refractivity contribution in [2.75, 3.05) is 6.61 Å². The number of carbonyl (C=O) groups excluding carboxylic acids is 1. The summed E-state index contributed by atoms with van der Waals surface area (Å²) in [6.45, 7) is -0.195. The van der Waals surface area contributed by atoms with Crippen molar-refractivity contribution < 1.29 is 9.90 Å². The van der Waals surface area contributed by atoms with E-state index in [9.17, 15) is 14.7 Å². The van der Waals surface area contributed by atoms with Gasteiger partial charge in [0.05, 0.1) is 18.2 Å². The van der Waals surface area contributed by atoms with Crippen LogP contribution in [0.2, 0.25) is 0 Å². The van der Waals surface area contributed by atoms with Crippen LogP contribution >= 0.6 is 0 Å². The molecule has 2 aromatic rings. The monoisotopic (exact) mass is 258 g/mol. The highest BCUT2D eigenvalue weighted by Crippen LogP contribution is 2.12. The molecule has 0 aliphatic rings. The number of nitrogens with one attached hydrogen (secondary N) is 2. The number of H-pyrrole nitrogens is 1. The number of aromatic amines is 1. The van der Waals surface area contributed by atoms with Crippen molar-refractivity contribution >= 4 is 5.91 Å². The molecule has 5 nitrogen and oxygen atoms in total. The van der Waals surface area contributed by atoms with E-state index in [0.717, 1.165) is 5.56 Å². The van der Waals surface area contributed by atoms with Gasteiger partial charge < -0.3 is 15.4 Å². The average Bonchev–Trinajstić information content (AvgIpc) is 2.46. The molecule has 1 heterocycles. The van der Waals surface area contributed by atoms with Crippen LogP contribution in [0.15, 0.2) is 53.5 Å². The summed E-state index contributed by atoms with van der Waals surface area (Å²) in [6, 6.07) is 11.4. The molecule has 0 saturated carbocycles. The average molecular weight is 258 g/mol. The predicted octanol–water partition coefficient (Wildman–Crippen LogP) is 0.838. The summed E-state index contributed by atoms with van der Waals surface area (Å²) in [4.78, 5) is 25.3. The number of carbonyl (C=O) groups is 1. The largest absolute Gasteiger partial charge is 0.394 e. The maximum atomic E-state index is 12.0. The third kappa shape index (κ3) is 3.29. The Kier molecular flexibility index (Phi) is 4.10. The van der Waals surface area contributed by atoms with E-state index in [1.807, 2.05) is 30.3 Å². The second-order valence-corrected chi connectivity index (χ2v) is 4.06. The summed E-state index contributed by atoms with van der Waals surface area (Å²) in [5.74, 6) is -0.348. The fourth-order valence-electron chi connectivity index (χ4n) is 1.71. The molecule has 0 spiro atoms. The van der Waals surface area contributed by atoms with Crippen LogP contribution in [0.25, 0.3) is 0 Å². The molecule has 98 valence electrons. The third-order valence-corrected chi connectivity index (χ3v) is 2.74. The lowest BCUT2D eigenvalue weighted by molar-refractivity contribution is 0.0916. The first-order valence-electron chi connectivity index (χ1n) is 5.86. The Morgan fingerprint density at radius 3 is 2.53 bits per heavy atom. The number of aromatic nitrogens is 1. The van der Waals surface area contributed by atoms with Crippen LogP contribution in [0.4, 0.5) is 0 Å². The zero-order valence-corrected chi connectivity index (χ0v) is 10.2. The lowest BCUT2D eigenvalue weighted by Gasteiger charge is -2.16. The van der Waals surface area contributed by atoms with E-state index in [1.54, 1.807) is 0 Å². The van der Waals surface area contributed by atoms with Crippen molar-refractivity contribution in [2.45, 2.75) is 6.04 Å². The van der Waals surface area contributed by atoms with E-state index in [1.165, 1.54) is 18.3 Å². The number of benzene rings is 1. The van der Waals surface area contributed by atoms with Crippen molar-refractivity contribution in [1.82, 2.24) is 10.3 Å². The summed E-state index contributed by atoms with van der Waals surface area (Å²) in [5.41, 5.74) is 0.898. The van der Waals surface area contributed by atoms with E-state index in [4.69, 9.17) is 0 Å². The van der Waals surface area contributed by atoms with Crippen LogP contribution < -0.4 is 10.9 Å². The van der Waals surface area contributed by atoms with E-state index < -0.39 is 6.04 Å². The fourth-order valence-corrected chi connectivity index (χ4v) is 1.71. The lowest BCUT2D eigenvalue weighted by atomic mass is 10.1. The maximum absolute atomic E-state index is 12.0. The zero-order valence-electron chi connectivity index (χ0n) is 10.2. The first kappa shape index (κ1) is 13.0. The summed E-state index contributed by atoms with van der Waals surface area (Å²) in [5, 5.41) is 12.1. The molecule has 2 rings (SSSR count). The lowest BCUT2D eigenvalue weighted by Crippen LogP contribution is -2.31. The smallest absolute Gasteiger partial charge is 0.253 e. The van der Waals surface area contributed by atoms with E-state index in [0.29, 0.717) is 5.56 Å². The van der Waals surface area contributed by atoms with Crippen molar-refractivity contribution in [3.63, 3.8) is 0 Å². The van der Waals surface area contributed by atoms with E-state index in [2.05, 4.69) is 10.3 Å². The van der Waals surface area contributed by atoms with Crippen LogP contribution in [-0.4, -0.2) is 22.6 Å². The summed E-state index contributed by atoms with van der Waals surface area (Å²) in [7, 11) is 0. The first-order valence-corrected chi connectivity index (χ1v) is 5.86. The molecule has 19 heavy (non-hydrogen) atoms. The molecule has 1 atom stereocenters. The standard InChI is InChI=1S/C14H14N2O3/c17-9-12(10-4-2-1-3-5-10)16-14(19)11-6-7-13(18)15-8-11/h1-8,12,17H,9H2,(H,15,18)(H,16,19)/t12-/m0/s1. The molecule has 0 bridgehead atoms. The Bertz CT molecular complexity index is 587. The first-order chi connectivity index (χ1) is 9.20. The minimum absolute atomic E-state index is 0.195. The van der Waals surface area contributed by atoms with Gasteiger partial charge in [-0.05, 0) is 11.6 Å². The normalized spacial score (nSPS) is 11.8. The highest BCUT2D eigenvalue weighted by molar-refractivity contribution is 5.94. The molecule has 5 heteroatoms. The molecule has 1 amide bonds. The van der Waals surface area contributed by atoms with Gasteiger partial charge in [0, 0.05) is 12.3 Å². The van der Waals surface area contributed by atoms with Crippen LogP contribution in [0, 0.1) is 0 Å². The second kappa shape index (κ2) is 5.97. The Morgan fingerprint density at radius 1 is 1.21 bits per heavy atom. The Hall–Kier alpha value is -2.40. The van der Waals surface area contributed by atoms with Crippen molar-refractivity contribution in [2.24, 2.45) is 0 Å². The van der Waals surface area contributed by atoms with Gasteiger partial charge in [-0.25, -0.2) is 0 Å². The van der Waals surface area contributed by atoms with Gasteiger partial charge in [0.25, 0.3) is 5.91 Å². The number of pyridine rings is 1. The molecule has 1 aromatic carbocycles. The molecule has 0 aliphatic carbocycles. The predicted molar refractivity (Wildman–Crippen MR) is 70.8 cm³/mol. The van der Waals surface area contributed by atoms with Gasteiger partial charge in [-0.15, -0.1) is 0 Å². The highest BCUT2D eigenvalue weighted by atomic mass is 16.3. The molecule has 3 N–H and O–H groups in total. The van der Waals surface area contributed by atoms with Gasteiger partial charge in [-0.1, -0.05) is 30.3 Å². The molecular weight excluding hydrogens is 244 g/mol. The quantitative estimate of drug-likeness (QED) is 0.760. The van der Waals surface area contributed by atoms with Gasteiger partial charge >= 0.3 is 0 Å². The van der Waals surface area contributed by atoms with Crippen LogP contribution in [0.3, 0.4) is 0 Å². The molecule has 0 radical (unpaired) electrons. The number of rotatable bonds is 4. The van der Waals surface area contributed by atoms with E-state index >= 15 is 0 Å². The Balaban J connectivity index is 2.13. The fraction of sp³-hybridized carbons (Fsp3) is 0.143. The van der Waals surface area contributed by atoms with Crippen molar-refractivity contribution in [3.05, 3.63) is 70.1 Å². The Morgan fingerprint density at radius 2 is 1.95 bits per heavy atom. The molecule has 0 aliphatic heterocycles. The number of aliphatic hydroxyl groups is 1.